The van der Waals surface area contributed by atoms with Crippen molar-refractivity contribution in [1.29, 1.82) is 0 Å². The van der Waals surface area contributed by atoms with Crippen LogP contribution >= 0.6 is 11.8 Å². The number of nitro benzene ring substituents is 1. The Morgan fingerprint density at radius 3 is 2.65 bits per heavy atom. The number of rotatable bonds is 6. The molecule has 1 aromatic rings. The molecule has 7 nitrogen and oxygen atoms in total. The summed E-state index contributed by atoms with van der Waals surface area (Å²) < 4.78 is 18.0. The average molecular weight is 303 g/mol. The van der Waals surface area contributed by atoms with Crippen LogP contribution in [0.5, 0.6) is 0 Å². The average Bonchev–Trinajstić information content (AvgIpc) is 2.39. The zero-order valence-electron chi connectivity index (χ0n) is 10.3. The van der Waals surface area contributed by atoms with Crippen LogP contribution in [0, 0.1) is 15.9 Å². The third-order valence-corrected chi connectivity index (χ3v) is 3.30. The number of nitro groups is 1. The summed E-state index contributed by atoms with van der Waals surface area (Å²) in [6.07, 6.45) is 0.0139. The number of aromatic carboxylic acids is 1. The van der Waals surface area contributed by atoms with Gasteiger partial charge in [-0.05, 0) is 6.07 Å². The predicted molar refractivity (Wildman–Crippen MR) is 67.4 cm³/mol. The molecule has 0 aliphatic carbocycles. The van der Waals surface area contributed by atoms with Crippen molar-refractivity contribution in [3.05, 3.63) is 33.6 Å². The van der Waals surface area contributed by atoms with Crippen molar-refractivity contribution in [2.75, 3.05) is 12.9 Å². The lowest BCUT2D eigenvalue weighted by Gasteiger charge is -2.05. The number of carbonyl (C=O) groups is 2. The fraction of sp³-hybridized carbons (Fsp3) is 0.273. The normalized spacial score (nSPS) is 10.1. The molecule has 0 aromatic heterocycles. The summed E-state index contributed by atoms with van der Waals surface area (Å²) in [6, 6.07) is 1.45. The standard InChI is InChI=1S/C11H10FNO6S/c1-19-10(14)2-3-20-9-4-6(11(15)16)8(13(17)18)5-7(9)12/h4-5H,2-3H2,1H3,(H,15,16). The minimum atomic E-state index is -1.52. The molecule has 0 amide bonds. The second-order valence-corrected chi connectivity index (χ2v) is 4.67. The van der Waals surface area contributed by atoms with Gasteiger partial charge < -0.3 is 9.84 Å². The molecule has 0 fully saturated rings. The molecule has 0 atom stereocenters. The lowest BCUT2D eigenvalue weighted by atomic mass is 10.2. The molecule has 0 saturated heterocycles. The molecule has 20 heavy (non-hydrogen) atoms. The smallest absolute Gasteiger partial charge is 0.342 e. The van der Waals surface area contributed by atoms with Crippen molar-refractivity contribution in [2.45, 2.75) is 11.3 Å². The van der Waals surface area contributed by atoms with Gasteiger partial charge in [-0.3, -0.25) is 14.9 Å². The zero-order valence-corrected chi connectivity index (χ0v) is 11.1. The Hall–Kier alpha value is -2.16. The van der Waals surface area contributed by atoms with Crippen molar-refractivity contribution < 1.29 is 28.7 Å². The van der Waals surface area contributed by atoms with E-state index >= 15 is 0 Å². The van der Waals surface area contributed by atoms with Gasteiger partial charge in [0.05, 0.1) is 24.5 Å². The number of halogens is 1. The number of carbonyl (C=O) groups excluding carboxylic acids is 1. The third-order valence-electron chi connectivity index (χ3n) is 2.27. The number of nitrogens with zero attached hydrogens (tertiary/aromatic N) is 1. The molecular formula is C11H10FNO6S. The van der Waals surface area contributed by atoms with Gasteiger partial charge in [0, 0.05) is 10.6 Å². The molecule has 1 rings (SSSR count). The minimum absolute atomic E-state index is 0.0139. The van der Waals surface area contributed by atoms with Gasteiger partial charge in [-0.25, -0.2) is 9.18 Å². The van der Waals surface area contributed by atoms with Crippen molar-refractivity contribution in [3.63, 3.8) is 0 Å². The summed E-state index contributed by atoms with van der Waals surface area (Å²) in [5.74, 6) is -2.75. The van der Waals surface area contributed by atoms with E-state index in [2.05, 4.69) is 4.74 Å². The largest absolute Gasteiger partial charge is 0.477 e. The minimum Gasteiger partial charge on any atom is -0.477 e. The topological polar surface area (TPSA) is 107 Å². The molecule has 0 saturated carbocycles. The Morgan fingerprint density at radius 2 is 2.15 bits per heavy atom. The second-order valence-electron chi connectivity index (χ2n) is 3.54. The maximum absolute atomic E-state index is 13.6. The quantitative estimate of drug-likeness (QED) is 0.371. The lowest BCUT2D eigenvalue weighted by Crippen LogP contribution is -2.05. The number of thioether (sulfide) groups is 1. The summed E-state index contributed by atoms with van der Waals surface area (Å²) >= 11 is 0.881. The van der Waals surface area contributed by atoms with E-state index in [1.165, 1.54) is 7.11 Å². The van der Waals surface area contributed by atoms with Crippen LogP contribution in [0.15, 0.2) is 17.0 Å². The molecule has 0 heterocycles. The zero-order chi connectivity index (χ0) is 15.3. The van der Waals surface area contributed by atoms with Crippen LogP contribution in [0.3, 0.4) is 0 Å². The first-order valence-electron chi connectivity index (χ1n) is 5.27. The van der Waals surface area contributed by atoms with Gasteiger partial charge in [0.1, 0.15) is 11.4 Å². The Labute approximate surface area is 116 Å². The van der Waals surface area contributed by atoms with Crippen LogP contribution in [0.25, 0.3) is 0 Å². The predicted octanol–water partition coefficient (Wildman–Crippen LogP) is 2.09. The number of hydrogen-bond acceptors (Lipinski definition) is 6. The molecule has 0 bridgehead atoms. The molecule has 0 unspecified atom stereocenters. The maximum Gasteiger partial charge on any atom is 0.342 e. The summed E-state index contributed by atoms with van der Waals surface area (Å²) in [5, 5.41) is 19.5. The number of ether oxygens (including phenoxy) is 1. The van der Waals surface area contributed by atoms with Gasteiger partial charge in [-0.15, -0.1) is 11.8 Å². The fourth-order valence-corrected chi connectivity index (χ4v) is 2.21. The highest BCUT2D eigenvalue weighted by molar-refractivity contribution is 7.99. The van der Waals surface area contributed by atoms with E-state index in [0.29, 0.717) is 6.07 Å². The summed E-state index contributed by atoms with van der Waals surface area (Å²) in [4.78, 5) is 31.4. The van der Waals surface area contributed by atoms with E-state index in [1.54, 1.807) is 0 Å². The molecule has 1 N–H and O–H groups in total. The van der Waals surface area contributed by atoms with Gasteiger partial charge in [0.15, 0.2) is 0 Å². The van der Waals surface area contributed by atoms with Gasteiger partial charge in [-0.2, -0.15) is 0 Å². The number of carboxylic acids is 1. The van der Waals surface area contributed by atoms with E-state index in [0.717, 1.165) is 17.8 Å². The Kier molecular flexibility index (Phi) is 5.44. The van der Waals surface area contributed by atoms with Crippen LogP contribution in [-0.4, -0.2) is 34.8 Å². The highest BCUT2D eigenvalue weighted by Gasteiger charge is 2.23. The van der Waals surface area contributed by atoms with Crippen LogP contribution in [0.4, 0.5) is 10.1 Å². The van der Waals surface area contributed by atoms with Crippen molar-refractivity contribution in [2.24, 2.45) is 0 Å². The van der Waals surface area contributed by atoms with Gasteiger partial charge in [0.2, 0.25) is 0 Å². The van der Waals surface area contributed by atoms with Crippen molar-refractivity contribution in [3.8, 4) is 0 Å². The first-order chi connectivity index (χ1) is 9.36. The maximum atomic E-state index is 13.6. The summed E-state index contributed by atoms with van der Waals surface area (Å²) in [7, 11) is 1.21. The number of benzene rings is 1. The highest BCUT2D eigenvalue weighted by atomic mass is 32.2. The number of methoxy groups -OCH3 is 1. The number of esters is 1. The Morgan fingerprint density at radius 1 is 1.50 bits per heavy atom. The Balaban J connectivity index is 2.98. The molecule has 0 radical (unpaired) electrons. The highest BCUT2D eigenvalue weighted by Crippen LogP contribution is 2.29. The Bertz CT molecular complexity index is 562. The summed E-state index contributed by atoms with van der Waals surface area (Å²) in [6.45, 7) is 0. The number of hydrogen-bond donors (Lipinski definition) is 1. The molecule has 9 heteroatoms. The van der Waals surface area contributed by atoms with E-state index in [9.17, 15) is 24.1 Å². The number of carboxylic acid groups (broad SMARTS) is 1. The van der Waals surface area contributed by atoms with Gasteiger partial charge >= 0.3 is 11.9 Å². The van der Waals surface area contributed by atoms with E-state index in [1.807, 2.05) is 0 Å². The van der Waals surface area contributed by atoms with E-state index in [4.69, 9.17) is 5.11 Å². The van der Waals surface area contributed by atoms with Crippen molar-refractivity contribution >= 4 is 29.4 Å². The third kappa shape index (κ3) is 3.92. The molecule has 0 aliphatic rings. The van der Waals surface area contributed by atoms with Gasteiger partial charge in [0.25, 0.3) is 5.69 Å². The van der Waals surface area contributed by atoms with Crippen LogP contribution in [-0.2, 0) is 9.53 Å². The second kappa shape index (κ2) is 6.85. The van der Waals surface area contributed by atoms with E-state index < -0.39 is 33.9 Å². The van der Waals surface area contributed by atoms with Crippen LogP contribution < -0.4 is 0 Å². The van der Waals surface area contributed by atoms with Crippen LogP contribution in [0.2, 0.25) is 0 Å². The van der Waals surface area contributed by atoms with Crippen molar-refractivity contribution in [1.82, 2.24) is 0 Å². The fourth-order valence-electron chi connectivity index (χ4n) is 1.32. The molecular weight excluding hydrogens is 293 g/mol. The van der Waals surface area contributed by atoms with E-state index in [-0.39, 0.29) is 17.1 Å². The van der Waals surface area contributed by atoms with Crippen LogP contribution in [0.1, 0.15) is 16.8 Å². The molecule has 0 aliphatic heterocycles. The first kappa shape index (κ1) is 15.9. The molecule has 1 aromatic carbocycles. The summed E-state index contributed by atoms with van der Waals surface area (Å²) in [5.41, 5.74) is -1.41. The first-order valence-corrected chi connectivity index (χ1v) is 6.26. The lowest BCUT2D eigenvalue weighted by molar-refractivity contribution is -0.385. The monoisotopic (exact) mass is 303 g/mol. The van der Waals surface area contributed by atoms with Gasteiger partial charge in [-0.1, -0.05) is 0 Å². The molecule has 108 valence electrons. The molecule has 0 spiro atoms. The SMILES string of the molecule is COC(=O)CCSc1cc(C(=O)O)c([N+](=O)[O-])cc1F.